The fourth-order valence-electron chi connectivity index (χ4n) is 2.82. The van der Waals surface area contributed by atoms with Gasteiger partial charge < -0.3 is 4.74 Å². The van der Waals surface area contributed by atoms with Gasteiger partial charge in [0.2, 0.25) is 0 Å². The van der Waals surface area contributed by atoms with Crippen molar-refractivity contribution in [2.45, 2.75) is 34.2 Å². The molecule has 5 heteroatoms. The molecule has 0 unspecified atom stereocenters. The molecule has 0 aliphatic carbocycles. The predicted octanol–water partition coefficient (Wildman–Crippen LogP) is 3.56. The summed E-state index contributed by atoms with van der Waals surface area (Å²) in [7, 11) is 0. The van der Waals surface area contributed by atoms with Gasteiger partial charge in [-0.05, 0) is 50.5 Å². The van der Waals surface area contributed by atoms with Crippen LogP contribution in [0.2, 0.25) is 0 Å². The molecule has 0 fully saturated rings. The number of esters is 1. The summed E-state index contributed by atoms with van der Waals surface area (Å²) in [6, 6.07) is 10.9. The van der Waals surface area contributed by atoms with Crippen LogP contribution in [0, 0.1) is 20.8 Å². The maximum Gasteiger partial charge on any atom is 0.364 e. The Morgan fingerprint density at radius 2 is 1.68 bits per heavy atom. The zero-order valence-corrected chi connectivity index (χ0v) is 14.8. The topological polar surface area (TPSA) is 61.2 Å². The first-order chi connectivity index (χ1) is 11.9. The molecule has 3 rings (SSSR count). The van der Waals surface area contributed by atoms with Crippen LogP contribution >= 0.6 is 0 Å². The van der Waals surface area contributed by atoms with Crippen molar-refractivity contribution in [1.29, 1.82) is 0 Å². The lowest BCUT2D eigenvalue weighted by Crippen LogP contribution is -2.26. The van der Waals surface area contributed by atoms with E-state index in [1.807, 2.05) is 39.8 Å². The molecule has 0 saturated heterocycles. The van der Waals surface area contributed by atoms with E-state index in [9.17, 15) is 9.59 Å². The van der Waals surface area contributed by atoms with Crippen LogP contribution in [-0.2, 0) is 6.54 Å². The van der Waals surface area contributed by atoms with E-state index in [1.54, 1.807) is 24.3 Å². The van der Waals surface area contributed by atoms with Crippen LogP contribution in [0.1, 0.15) is 34.1 Å². The van der Waals surface area contributed by atoms with Crippen molar-refractivity contribution in [3.63, 3.8) is 0 Å². The van der Waals surface area contributed by atoms with Crippen molar-refractivity contribution < 1.29 is 9.53 Å². The van der Waals surface area contributed by atoms with Crippen LogP contribution < -0.4 is 10.3 Å². The van der Waals surface area contributed by atoms with Crippen LogP contribution in [0.15, 0.2) is 41.2 Å². The number of carbonyl (C=O) groups excluding carboxylic acids is 1. The summed E-state index contributed by atoms with van der Waals surface area (Å²) >= 11 is 0. The van der Waals surface area contributed by atoms with Gasteiger partial charge in [-0.25, -0.2) is 9.48 Å². The number of hydrogen-bond acceptors (Lipinski definition) is 4. The standard InChI is InChI=1S/C20H20N2O3/c1-5-22-19(23)16-9-7-6-8-15(16)17(21-22)20(24)25-18-13(3)11-10-12(2)14(18)4/h6-11H,5H2,1-4H3. The maximum absolute atomic E-state index is 12.8. The minimum Gasteiger partial charge on any atom is -0.421 e. The zero-order valence-electron chi connectivity index (χ0n) is 14.8. The Hall–Kier alpha value is -2.95. The van der Waals surface area contributed by atoms with Gasteiger partial charge in [-0.2, -0.15) is 5.10 Å². The zero-order chi connectivity index (χ0) is 18.1. The Kier molecular flexibility index (Phi) is 4.40. The first-order valence-electron chi connectivity index (χ1n) is 8.23. The number of fused-ring (bicyclic) bond motifs is 1. The minimum atomic E-state index is -0.560. The Morgan fingerprint density at radius 3 is 2.36 bits per heavy atom. The highest BCUT2D eigenvalue weighted by Crippen LogP contribution is 2.27. The van der Waals surface area contributed by atoms with Gasteiger partial charge in [0.05, 0.1) is 5.39 Å². The molecular weight excluding hydrogens is 316 g/mol. The average molecular weight is 336 g/mol. The number of aryl methyl sites for hydroxylation is 3. The number of ether oxygens (including phenoxy) is 1. The Bertz CT molecular complexity index is 1040. The number of rotatable bonds is 3. The Balaban J connectivity index is 2.14. The molecule has 25 heavy (non-hydrogen) atoms. The van der Waals surface area contributed by atoms with Gasteiger partial charge >= 0.3 is 5.97 Å². The summed E-state index contributed by atoms with van der Waals surface area (Å²) in [4.78, 5) is 25.2. The van der Waals surface area contributed by atoms with E-state index in [-0.39, 0.29) is 11.3 Å². The molecular formula is C20H20N2O3. The van der Waals surface area contributed by atoms with E-state index >= 15 is 0 Å². The lowest BCUT2D eigenvalue weighted by Gasteiger charge is -2.13. The SMILES string of the molecule is CCn1nc(C(=O)Oc2c(C)ccc(C)c2C)c2ccccc2c1=O. The predicted molar refractivity (Wildman–Crippen MR) is 97.3 cm³/mol. The Morgan fingerprint density at radius 1 is 1.04 bits per heavy atom. The third-order valence-corrected chi connectivity index (χ3v) is 4.43. The first-order valence-corrected chi connectivity index (χ1v) is 8.23. The molecule has 5 nitrogen and oxygen atoms in total. The normalized spacial score (nSPS) is 10.9. The fraction of sp³-hybridized carbons (Fsp3) is 0.250. The molecule has 0 spiro atoms. The second-order valence-corrected chi connectivity index (χ2v) is 6.06. The fourth-order valence-corrected chi connectivity index (χ4v) is 2.82. The van der Waals surface area contributed by atoms with E-state index in [1.165, 1.54) is 4.68 Å². The van der Waals surface area contributed by atoms with Crippen LogP contribution in [0.3, 0.4) is 0 Å². The second-order valence-electron chi connectivity index (χ2n) is 6.06. The summed E-state index contributed by atoms with van der Waals surface area (Å²) in [5.74, 6) is -0.0136. The molecule has 0 radical (unpaired) electrons. The lowest BCUT2D eigenvalue weighted by atomic mass is 10.1. The highest BCUT2D eigenvalue weighted by Gasteiger charge is 2.20. The van der Waals surface area contributed by atoms with Crippen molar-refractivity contribution in [1.82, 2.24) is 9.78 Å². The molecule has 0 aliphatic heterocycles. The van der Waals surface area contributed by atoms with Crippen molar-refractivity contribution in [2.75, 3.05) is 0 Å². The van der Waals surface area contributed by atoms with Crippen molar-refractivity contribution in [3.05, 3.63) is 69.1 Å². The van der Waals surface area contributed by atoms with E-state index < -0.39 is 5.97 Å². The van der Waals surface area contributed by atoms with Crippen LogP contribution in [0.5, 0.6) is 5.75 Å². The van der Waals surface area contributed by atoms with Gasteiger partial charge in [0.1, 0.15) is 5.75 Å². The van der Waals surface area contributed by atoms with E-state index in [4.69, 9.17) is 4.74 Å². The molecule has 2 aromatic carbocycles. The van der Waals surface area contributed by atoms with Crippen molar-refractivity contribution in [3.8, 4) is 5.75 Å². The summed E-state index contributed by atoms with van der Waals surface area (Å²) < 4.78 is 6.96. The highest BCUT2D eigenvalue weighted by molar-refractivity contribution is 6.03. The molecule has 0 N–H and O–H groups in total. The summed E-state index contributed by atoms with van der Waals surface area (Å²) in [6.07, 6.45) is 0. The van der Waals surface area contributed by atoms with Gasteiger partial charge in [0.15, 0.2) is 5.69 Å². The van der Waals surface area contributed by atoms with Gasteiger partial charge in [-0.15, -0.1) is 0 Å². The molecule has 0 amide bonds. The van der Waals surface area contributed by atoms with Crippen molar-refractivity contribution in [2.24, 2.45) is 0 Å². The monoisotopic (exact) mass is 336 g/mol. The highest BCUT2D eigenvalue weighted by atomic mass is 16.5. The maximum atomic E-state index is 12.8. The minimum absolute atomic E-state index is 0.150. The smallest absolute Gasteiger partial charge is 0.364 e. The van der Waals surface area contributed by atoms with E-state index in [2.05, 4.69) is 5.10 Å². The summed E-state index contributed by atoms with van der Waals surface area (Å²) in [6.45, 7) is 7.98. The molecule has 0 atom stereocenters. The summed E-state index contributed by atoms with van der Waals surface area (Å²) in [5.41, 5.74) is 2.78. The molecule has 128 valence electrons. The number of carbonyl (C=O) groups is 1. The number of aromatic nitrogens is 2. The largest absolute Gasteiger partial charge is 0.421 e. The van der Waals surface area contributed by atoms with Gasteiger partial charge in [-0.3, -0.25) is 4.79 Å². The van der Waals surface area contributed by atoms with Crippen LogP contribution in [-0.4, -0.2) is 15.7 Å². The van der Waals surface area contributed by atoms with E-state index in [0.29, 0.717) is 23.1 Å². The first kappa shape index (κ1) is 16.9. The van der Waals surface area contributed by atoms with Crippen LogP contribution in [0.4, 0.5) is 0 Å². The molecule has 0 saturated carbocycles. The lowest BCUT2D eigenvalue weighted by molar-refractivity contribution is 0.0725. The van der Waals surface area contributed by atoms with Gasteiger partial charge in [0, 0.05) is 11.9 Å². The van der Waals surface area contributed by atoms with Gasteiger partial charge in [-0.1, -0.05) is 30.3 Å². The Labute approximate surface area is 145 Å². The number of nitrogens with zero attached hydrogens (tertiary/aromatic N) is 2. The molecule has 1 aromatic heterocycles. The van der Waals surface area contributed by atoms with Gasteiger partial charge in [0.25, 0.3) is 5.56 Å². The van der Waals surface area contributed by atoms with Crippen LogP contribution in [0.25, 0.3) is 10.8 Å². The molecule has 0 aliphatic rings. The summed E-state index contributed by atoms with van der Waals surface area (Å²) in [5, 5.41) is 5.19. The quantitative estimate of drug-likeness (QED) is 0.542. The molecule has 3 aromatic rings. The third kappa shape index (κ3) is 2.93. The number of benzene rings is 2. The van der Waals surface area contributed by atoms with E-state index in [0.717, 1.165) is 16.7 Å². The second kappa shape index (κ2) is 6.51. The molecule has 0 bridgehead atoms. The van der Waals surface area contributed by atoms with Crippen molar-refractivity contribution >= 4 is 16.7 Å². The molecule has 1 heterocycles. The third-order valence-electron chi connectivity index (χ3n) is 4.43. The number of hydrogen-bond donors (Lipinski definition) is 0. The average Bonchev–Trinajstić information content (AvgIpc) is 2.62.